The Labute approximate surface area is 234 Å². The largest absolute Gasteiger partial charge is 0.355 e. The zero-order valence-electron chi connectivity index (χ0n) is 21.8. The summed E-state index contributed by atoms with van der Waals surface area (Å²) in [6.45, 7) is 5.25. The zero-order valence-corrected chi connectivity index (χ0v) is 24.2. The van der Waals surface area contributed by atoms with Gasteiger partial charge < -0.3 is 10.2 Å². The third kappa shape index (κ3) is 7.09. The first-order valence-electron chi connectivity index (χ1n) is 12.1. The van der Waals surface area contributed by atoms with E-state index in [9.17, 15) is 18.0 Å². The lowest BCUT2D eigenvalue weighted by Crippen LogP contribution is -2.51. The lowest BCUT2D eigenvalue weighted by atomic mass is 10.1. The van der Waals surface area contributed by atoms with Crippen LogP contribution in [-0.4, -0.2) is 50.5 Å². The van der Waals surface area contributed by atoms with Crippen LogP contribution in [0.1, 0.15) is 25.0 Å². The summed E-state index contributed by atoms with van der Waals surface area (Å²) in [6, 6.07) is 19.6. The predicted molar refractivity (Wildman–Crippen MR) is 154 cm³/mol. The van der Waals surface area contributed by atoms with E-state index < -0.39 is 28.5 Å². The minimum atomic E-state index is -4.11. The molecule has 0 aliphatic carbocycles. The van der Waals surface area contributed by atoms with E-state index in [1.165, 1.54) is 28.8 Å². The normalized spacial score (nSPS) is 12.0. The van der Waals surface area contributed by atoms with Gasteiger partial charge in [0.2, 0.25) is 11.8 Å². The molecule has 0 radical (unpaired) electrons. The maximum absolute atomic E-state index is 13.8. The van der Waals surface area contributed by atoms with Gasteiger partial charge >= 0.3 is 0 Å². The molecule has 0 aromatic heterocycles. The van der Waals surface area contributed by atoms with Gasteiger partial charge in [0.25, 0.3) is 10.0 Å². The Bertz CT molecular complexity index is 1360. The molecule has 10 heteroatoms. The van der Waals surface area contributed by atoms with Crippen LogP contribution in [0.15, 0.2) is 82.6 Å². The number of carbonyl (C=O) groups excluding carboxylic acids is 2. The number of nitrogens with one attached hydrogen (secondary N) is 1. The SMILES string of the molecule is CCNC(=O)[C@@H](C)N(Cc1ccccc1Cl)C(=O)CN(c1ccc(C)cc1)S(=O)(=O)c1ccc(SC)cc1. The fourth-order valence-corrected chi connectivity index (χ4v) is 5.85. The van der Waals surface area contributed by atoms with E-state index in [4.69, 9.17) is 11.6 Å². The number of carbonyl (C=O) groups is 2. The number of aryl methyl sites for hydroxylation is 1. The van der Waals surface area contributed by atoms with Crippen LogP contribution in [0.5, 0.6) is 0 Å². The quantitative estimate of drug-likeness (QED) is 0.322. The second kappa shape index (κ2) is 13.2. The Morgan fingerprint density at radius 2 is 1.63 bits per heavy atom. The molecule has 3 aromatic rings. The van der Waals surface area contributed by atoms with Gasteiger partial charge in [-0.05, 0) is 75.1 Å². The molecule has 0 saturated carbocycles. The zero-order chi connectivity index (χ0) is 27.9. The highest BCUT2D eigenvalue weighted by Crippen LogP contribution is 2.27. The van der Waals surface area contributed by atoms with E-state index in [0.717, 1.165) is 14.8 Å². The summed E-state index contributed by atoms with van der Waals surface area (Å²) in [4.78, 5) is 28.9. The van der Waals surface area contributed by atoms with E-state index in [1.54, 1.807) is 74.5 Å². The third-order valence-corrected chi connectivity index (χ3v) is 8.97. The predicted octanol–water partition coefficient (Wildman–Crippen LogP) is 5.12. The summed E-state index contributed by atoms with van der Waals surface area (Å²) in [5.41, 5.74) is 1.95. The van der Waals surface area contributed by atoms with E-state index in [0.29, 0.717) is 22.8 Å². The average Bonchev–Trinajstić information content (AvgIpc) is 2.91. The molecule has 202 valence electrons. The molecule has 38 heavy (non-hydrogen) atoms. The number of sulfonamides is 1. The topological polar surface area (TPSA) is 86.8 Å². The summed E-state index contributed by atoms with van der Waals surface area (Å²) in [7, 11) is -4.11. The smallest absolute Gasteiger partial charge is 0.264 e. The van der Waals surface area contributed by atoms with Crippen molar-refractivity contribution in [3.8, 4) is 0 Å². The highest BCUT2D eigenvalue weighted by molar-refractivity contribution is 7.98. The second-order valence-corrected chi connectivity index (χ2v) is 11.9. The van der Waals surface area contributed by atoms with Gasteiger partial charge in [-0.25, -0.2) is 8.42 Å². The van der Waals surface area contributed by atoms with Gasteiger partial charge in [0.15, 0.2) is 0 Å². The summed E-state index contributed by atoms with van der Waals surface area (Å²) in [5, 5.41) is 3.19. The number of benzene rings is 3. The lowest BCUT2D eigenvalue weighted by Gasteiger charge is -2.32. The first-order chi connectivity index (χ1) is 18.1. The Kier molecular flexibility index (Phi) is 10.2. The number of halogens is 1. The van der Waals surface area contributed by atoms with Crippen LogP contribution in [0.3, 0.4) is 0 Å². The molecule has 0 heterocycles. The van der Waals surface area contributed by atoms with Gasteiger partial charge in [0, 0.05) is 23.0 Å². The van der Waals surface area contributed by atoms with Crippen molar-refractivity contribution in [2.45, 2.75) is 43.1 Å². The molecule has 0 saturated heterocycles. The van der Waals surface area contributed by atoms with Gasteiger partial charge in [-0.2, -0.15) is 0 Å². The van der Waals surface area contributed by atoms with Gasteiger partial charge in [0.05, 0.1) is 10.6 Å². The Balaban J connectivity index is 2.03. The van der Waals surface area contributed by atoms with E-state index in [1.807, 2.05) is 13.2 Å². The Hall–Kier alpha value is -3.01. The second-order valence-electron chi connectivity index (χ2n) is 8.71. The molecule has 0 bridgehead atoms. The average molecular weight is 574 g/mol. The molecule has 1 atom stereocenters. The van der Waals surface area contributed by atoms with Crippen molar-refractivity contribution in [1.82, 2.24) is 10.2 Å². The van der Waals surface area contributed by atoms with Gasteiger partial charge in [0.1, 0.15) is 12.6 Å². The van der Waals surface area contributed by atoms with Crippen LogP contribution in [0.2, 0.25) is 5.02 Å². The van der Waals surface area contributed by atoms with Crippen LogP contribution in [0.25, 0.3) is 0 Å². The molecule has 0 aliphatic rings. The first-order valence-corrected chi connectivity index (χ1v) is 15.2. The molecule has 0 fully saturated rings. The van der Waals surface area contributed by atoms with Gasteiger partial charge in [-0.15, -0.1) is 11.8 Å². The number of likely N-dealkylation sites (N-methyl/N-ethyl adjacent to an activating group) is 1. The molecule has 3 rings (SSSR count). The maximum atomic E-state index is 13.8. The van der Waals surface area contributed by atoms with Crippen LogP contribution >= 0.6 is 23.4 Å². The van der Waals surface area contributed by atoms with Crippen molar-refractivity contribution in [1.29, 1.82) is 0 Å². The maximum Gasteiger partial charge on any atom is 0.264 e. The van der Waals surface area contributed by atoms with Crippen molar-refractivity contribution >= 4 is 50.9 Å². The number of anilines is 1. The minimum Gasteiger partial charge on any atom is -0.355 e. The Morgan fingerprint density at radius 3 is 2.21 bits per heavy atom. The fraction of sp³-hybridized carbons (Fsp3) is 0.286. The molecule has 0 spiro atoms. The summed E-state index contributed by atoms with van der Waals surface area (Å²) >= 11 is 7.87. The summed E-state index contributed by atoms with van der Waals surface area (Å²) in [6.07, 6.45) is 1.91. The minimum absolute atomic E-state index is 0.0427. The van der Waals surface area contributed by atoms with E-state index in [2.05, 4.69) is 5.32 Å². The standard InChI is InChI=1S/C28H32ClN3O4S2/c1-5-30-28(34)21(3)31(18-22-8-6-7-9-26(22)29)27(33)19-32(23-12-10-20(2)11-13-23)38(35,36)25-16-14-24(37-4)15-17-25/h6-17,21H,5,18-19H2,1-4H3,(H,30,34)/t21-/m1/s1. The fourth-order valence-electron chi connectivity index (χ4n) is 3.83. The van der Waals surface area contributed by atoms with Gasteiger partial charge in [-0.3, -0.25) is 13.9 Å². The van der Waals surface area contributed by atoms with Crippen molar-refractivity contribution in [3.63, 3.8) is 0 Å². The van der Waals surface area contributed by atoms with Crippen LogP contribution in [-0.2, 0) is 26.2 Å². The molecule has 2 amide bonds. The Morgan fingerprint density at radius 1 is 1.00 bits per heavy atom. The molecule has 1 N–H and O–H groups in total. The van der Waals surface area contributed by atoms with Crippen molar-refractivity contribution in [2.24, 2.45) is 0 Å². The molecular weight excluding hydrogens is 542 g/mol. The van der Waals surface area contributed by atoms with Crippen LogP contribution in [0, 0.1) is 6.92 Å². The molecule has 7 nitrogen and oxygen atoms in total. The number of hydrogen-bond donors (Lipinski definition) is 1. The van der Waals surface area contributed by atoms with Crippen molar-refractivity contribution in [3.05, 3.63) is 88.9 Å². The molecule has 0 unspecified atom stereocenters. The van der Waals surface area contributed by atoms with Crippen LogP contribution in [0.4, 0.5) is 5.69 Å². The number of nitrogens with zero attached hydrogens (tertiary/aromatic N) is 2. The van der Waals surface area contributed by atoms with E-state index >= 15 is 0 Å². The van der Waals surface area contributed by atoms with E-state index in [-0.39, 0.29) is 17.3 Å². The number of thioether (sulfide) groups is 1. The van der Waals surface area contributed by atoms with Crippen molar-refractivity contribution in [2.75, 3.05) is 23.7 Å². The lowest BCUT2D eigenvalue weighted by molar-refractivity contribution is -0.139. The summed E-state index contributed by atoms with van der Waals surface area (Å²) in [5.74, 6) is -0.876. The highest BCUT2D eigenvalue weighted by atomic mass is 35.5. The number of hydrogen-bond acceptors (Lipinski definition) is 5. The third-order valence-electron chi connectivity index (χ3n) is 6.07. The highest BCUT2D eigenvalue weighted by Gasteiger charge is 2.32. The van der Waals surface area contributed by atoms with Gasteiger partial charge in [-0.1, -0.05) is 47.5 Å². The molecule has 3 aromatic carbocycles. The monoisotopic (exact) mass is 573 g/mol. The first kappa shape index (κ1) is 29.5. The van der Waals surface area contributed by atoms with Crippen molar-refractivity contribution < 1.29 is 18.0 Å². The van der Waals surface area contributed by atoms with Crippen LogP contribution < -0.4 is 9.62 Å². The number of rotatable bonds is 11. The number of amides is 2. The molecular formula is C28H32ClN3O4S2. The summed E-state index contributed by atoms with van der Waals surface area (Å²) < 4.78 is 28.8. The molecule has 0 aliphatic heterocycles.